The van der Waals surface area contributed by atoms with Crippen LogP contribution in [-0.2, 0) is 11.3 Å². The summed E-state index contributed by atoms with van der Waals surface area (Å²) in [5.41, 5.74) is 7.08. The molecule has 4 heteroatoms. The first-order valence-electron chi connectivity index (χ1n) is 8.47. The van der Waals surface area contributed by atoms with E-state index in [0.717, 1.165) is 38.9 Å². The average molecular weight is 301 g/mol. The molecule has 2 aliphatic heterocycles. The zero-order valence-electron chi connectivity index (χ0n) is 13.4. The summed E-state index contributed by atoms with van der Waals surface area (Å²) >= 11 is 0. The van der Waals surface area contributed by atoms with E-state index in [1.165, 1.54) is 5.56 Å². The monoisotopic (exact) mass is 301 g/mol. The summed E-state index contributed by atoms with van der Waals surface area (Å²) in [5, 5.41) is 0. The second kappa shape index (κ2) is 6.80. The number of nitrogens with zero attached hydrogens (tertiary/aromatic N) is 2. The summed E-state index contributed by atoms with van der Waals surface area (Å²) in [6, 6.07) is 10.8. The molecule has 0 radical (unpaired) electrons. The molecule has 0 saturated carbocycles. The van der Waals surface area contributed by atoms with Crippen molar-refractivity contribution in [3.8, 4) is 0 Å². The van der Waals surface area contributed by atoms with Crippen LogP contribution in [0.1, 0.15) is 31.7 Å². The Bertz CT molecular complexity index is 504. The van der Waals surface area contributed by atoms with E-state index in [-0.39, 0.29) is 6.04 Å². The highest BCUT2D eigenvalue weighted by molar-refractivity contribution is 5.82. The first kappa shape index (κ1) is 15.5. The number of carbonyl (C=O) groups is 1. The Morgan fingerprint density at radius 1 is 1.32 bits per heavy atom. The molecule has 2 fully saturated rings. The Hall–Kier alpha value is -1.39. The summed E-state index contributed by atoms with van der Waals surface area (Å²) in [6.07, 6.45) is 3.15. The van der Waals surface area contributed by atoms with Crippen LogP contribution in [-0.4, -0.2) is 47.4 Å². The fourth-order valence-electron chi connectivity index (χ4n) is 3.92. The van der Waals surface area contributed by atoms with E-state index in [9.17, 15) is 4.79 Å². The molecule has 2 heterocycles. The highest BCUT2D eigenvalue weighted by Crippen LogP contribution is 2.27. The smallest absolute Gasteiger partial charge is 0.240 e. The molecule has 3 atom stereocenters. The molecule has 2 aliphatic rings. The van der Waals surface area contributed by atoms with Crippen LogP contribution in [0.25, 0.3) is 0 Å². The maximum atomic E-state index is 13.0. The van der Waals surface area contributed by atoms with E-state index >= 15 is 0 Å². The first-order chi connectivity index (χ1) is 10.7. The van der Waals surface area contributed by atoms with Gasteiger partial charge in [0.25, 0.3) is 0 Å². The molecule has 22 heavy (non-hydrogen) atoms. The second-order valence-corrected chi connectivity index (χ2v) is 6.79. The van der Waals surface area contributed by atoms with Crippen molar-refractivity contribution in [3.63, 3.8) is 0 Å². The van der Waals surface area contributed by atoms with Crippen molar-refractivity contribution >= 4 is 5.91 Å². The third kappa shape index (κ3) is 3.18. The van der Waals surface area contributed by atoms with Crippen molar-refractivity contribution < 1.29 is 4.79 Å². The number of carbonyl (C=O) groups excluding carboxylic acids is 1. The average Bonchev–Trinajstić information content (AvgIpc) is 3.14. The van der Waals surface area contributed by atoms with Gasteiger partial charge in [-0.3, -0.25) is 9.69 Å². The van der Waals surface area contributed by atoms with Gasteiger partial charge in [-0.15, -0.1) is 0 Å². The molecule has 1 amide bonds. The van der Waals surface area contributed by atoms with Crippen molar-refractivity contribution in [2.24, 2.45) is 11.7 Å². The van der Waals surface area contributed by atoms with Crippen molar-refractivity contribution in [1.29, 1.82) is 0 Å². The Kier molecular flexibility index (Phi) is 4.79. The molecule has 1 aromatic carbocycles. The number of nitrogens with two attached hydrogens (primary N) is 1. The fourth-order valence-corrected chi connectivity index (χ4v) is 3.92. The van der Waals surface area contributed by atoms with Crippen molar-refractivity contribution in [3.05, 3.63) is 35.9 Å². The molecule has 4 nitrogen and oxygen atoms in total. The third-order valence-corrected chi connectivity index (χ3v) is 5.16. The summed E-state index contributed by atoms with van der Waals surface area (Å²) in [6.45, 7) is 5.58. The van der Waals surface area contributed by atoms with Gasteiger partial charge in [-0.25, -0.2) is 0 Å². The van der Waals surface area contributed by atoms with Gasteiger partial charge in [0.2, 0.25) is 5.91 Å². The molecular weight excluding hydrogens is 274 g/mol. The lowest BCUT2D eigenvalue weighted by atomic mass is 10.1. The van der Waals surface area contributed by atoms with Crippen LogP contribution in [0.4, 0.5) is 0 Å². The Morgan fingerprint density at radius 3 is 2.77 bits per heavy atom. The summed E-state index contributed by atoms with van der Waals surface area (Å²) in [5.74, 6) is 0.791. The van der Waals surface area contributed by atoms with Gasteiger partial charge in [0, 0.05) is 19.1 Å². The first-order valence-corrected chi connectivity index (χ1v) is 8.47. The minimum Gasteiger partial charge on any atom is -0.338 e. The third-order valence-electron chi connectivity index (χ3n) is 5.16. The summed E-state index contributed by atoms with van der Waals surface area (Å²) in [4.78, 5) is 17.4. The molecule has 0 spiro atoms. The van der Waals surface area contributed by atoms with Gasteiger partial charge < -0.3 is 10.6 Å². The molecule has 2 N–H and O–H groups in total. The molecule has 0 aliphatic carbocycles. The molecule has 0 aromatic heterocycles. The van der Waals surface area contributed by atoms with Gasteiger partial charge in [-0.2, -0.15) is 0 Å². The molecular formula is C18H27N3O. The van der Waals surface area contributed by atoms with Crippen LogP contribution in [0.2, 0.25) is 0 Å². The van der Waals surface area contributed by atoms with Gasteiger partial charge in [-0.05, 0) is 50.8 Å². The molecule has 120 valence electrons. The molecule has 3 unspecified atom stereocenters. The lowest BCUT2D eigenvalue weighted by molar-refractivity contribution is -0.136. The highest BCUT2D eigenvalue weighted by atomic mass is 16.2. The van der Waals surface area contributed by atoms with E-state index in [4.69, 9.17) is 5.73 Å². The topological polar surface area (TPSA) is 49.6 Å². The SMILES string of the molecule is CC1CC(CN)CN1C(=O)C1CCCN1Cc1ccccc1. The van der Waals surface area contributed by atoms with E-state index in [0.29, 0.717) is 24.4 Å². The van der Waals surface area contributed by atoms with Crippen LogP contribution >= 0.6 is 0 Å². The van der Waals surface area contributed by atoms with E-state index in [2.05, 4.69) is 41.0 Å². The van der Waals surface area contributed by atoms with Crippen molar-refractivity contribution in [2.45, 2.75) is 44.8 Å². The predicted octanol–water partition coefficient (Wildman–Crippen LogP) is 1.85. The summed E-state index contributed by atoms with van der Waals surface area (Å²) in [7, 11) is 0. The Labute approximate surface area is 133 Å². The number of amides is 1. The van der Waals surface area contributed by atoms with Crippen LogP contribution in [0.15, 0.2) is 30.3 Å². The normalized spacial score (nSPS) is 29.2. The molecule has 0 bridgehead atoms. The number of likely N-dealkylation sites (tertiary alicyclic amines) is 2. The number of benzene rings is 1. The van der Waals surface area contributed by atoms with Crippen molar-refractivity contribution in [1.82, 2.24) is 9.80 Å². The highest BCUT2D eigenvalue weighted by Gasteiger charge is 2.39. The van der Waals surface area contributed by atoms with Gasteiger partial charge in [0.1, 0.15) is 0 Å². The van der Waals surface area contributed by atoms with Gasteiger partial charge >= 0.3 is 0 Å². The minimum absolute atomic E-state index is 0.0548. The van der Waals surface area contributed by atoms with E-state index < -0.39 is 0 Å². The van der Waals surface area contributed by atoms with Crippen LogP contribution in [0, 0.1) is 5.92 Å². The Morgan fingerprint density at radius 2 is 2.09 bits per heavy atom. The maximum Gasteiger partial charge on any atom is 0.240 e. The summed E-state index contributed by atoms with van der Waals surface area (Å²) < 4.78 is 0. The zero-order valence-corrected chi connectivity index (χ0v) is 13.4. The quantitative estimate of drug-likeness (QED) is 0.923. The van der Waals surface area contributed by atoms with Gasteiger partial charge in [0.05, 0.1) is 6.04 Å². The van der Waals surface area contributed by atoms with E-state index in [1.54, 1.807) is 0 Å². The van der Waals surface area contributed by atoms with Crippen LogP contribution < -0.4 is 5.73 Å². The van der Waals surface area contributed by atoms with Gasteiger partial charge in [0.15, 0.2) is 0 Å². The lowest BCUT2D eigenvalue weighted by Gasteiger charge is -2.30. The lowest BCUT2D eigenvalue weighted by Crippen LogP contribution is -2.46. The maximum absolute atomic E-state index is 13.0. The second-order valence-electron chi connectivity index (χ2n) is 6.79. The van der Waals surface area contributed by atoms with Gasteiger partial charge in [-0.1, -0.05) is 30.3 Å². The molecule has 3 rings (SSSR count). The van der Waals surface area contributed by atoms with Crippen molar-refractivity contribution in [2.75, 3.05) is 19.6 Å². The van der Waals surface area contributed by atoms with E-state index in [1.807, 2.05) is 6.07 Å². The zero-order chi connectivity index (χ0) is 15.5. The number of hydrogen-bond acceptors (Lipinski definition) is 3. The Balaban J connectivity index is 1.66. The largest absolute Gasteiger partial charge is 0.338 e. The fraction of sp³-hybridized carbons (Fsp3) is 0.611. The number of hydrogen-bond donors (Lipinski definition) is 1. The standard InChI is InChI=1S/C18H27N3O/c1-14-10-16(11-19)13-21(14)18(22)17-8-5-9-20(17)12-15-6-3-2-4-7-15/h2-4,6-7,14,16-17H,5,8-13,19H2,1H3. The minimum atomic E-state index is 0.0548. The molecule has 1 aromatic rings. The van der Waals surface area contributed by atoms with Crippen LogP contribution in [0.3, 0.4) is 0 Å². The molecule has 2 saturated heterocycles. The predicted molar refractivity (Wildman–Crippen MR) is 88.2 cm³/mol. The van der Waals surface area contributed by atoms with Crippen LogP contribution in [0.5, 0.6) is 0 Å². The number of rotatable bonds is 4.